The molecule has 0 unspecified atom stereocenters. The molecule has 4 rings (SSSR count). The van der Waals surface area contributed by atoms with Gasteiger partial charge in [0, 0.05) is 5.82 Å². The predicted octanol–water partition coefficient (Wildman–Crippen LogP) is 0.953. The number of aromatic nitrogens is 1. The second-order valence-corrected chi connectivity index (χ2v) is 5.79. The number of carbonyl (C=O) groups is 2. The van der Waals surface area contributed by atoms with Crippen LogP contribution in [0.1, 0.15) is 12.8 Å². The average molecular weight is 273 g/mol. The Morgan fingerprint density at radius 3 is 2.53 bits per heavy atom. The van der Waals surface area contributed by atoms with Crippen molar-refractivity contribution in [1.82, 2.24) is 4.98 Å². The number of hydrogen-bond acceptors (Lipinski definition) is 6. The van der Waals surface area contributed by atoms with Crippen molar-refractivity contribution in [3.63, 3.8) is 0 Å². The second-order valence-electron chi connectivity index (χ2n) is 4.72. The molecular formula is C12H8BNO4S. The third kappa shape index (κ3) is 1.42. The molecule has 2 aromatic rings. The van der Waals surface area contributed by atoms with Gasteiger partial charge in [0.15, 0.2) is 0 Å². The molecule has 0 bridgehead atoms. The van der Waals surface area contributed by atoms with Crippen molar-refractivity contribution < 1.29 is 18.9 Å². The first-order valence-corrected chi connectivity index (χ1v) is 6.78. The van der Waals surface area contributed by atoms with Gasteiger partial charge in [-0.1, -0.05) is 12.1 Å². The topological polar surface area (TPSA) is 65.5 Å². The van der Waals surface area contributed by atoms with Crippen molar-refractivity contribution in [1.29, 1.82) is 0 Å². The van der Waals surface area contributed by atoms with Crippen molar-refractivity contribution >= 4 is 45.0 Å². The Kier molecular flexibility index (Phi) is 2.01. The van der Waals surface area contributed by atoms with E-state index < -0.39 is 6.55 Å². The number of hydrogen-bond donors (Lipinski definition) is 0. The Morgan fingerprint density at radius 1 is 1.16 bits per heavy atom. The summed E-state index contributed by atoms with van der Waals surface area (Å²) in [6, 6.07) is 7.63. The number of fused-ring (bicyclic) bond motifs is 2. The third-order valence-corrected chi connectivity index (χ3v) is 4.69. The molecule has 5 nitrogen and oxygen atoms in total. The maximum atomic E-state index is 11.5. The number of rotatable bonds is 1. The molecule has 0 amide bonds. The van der Waals surface area contributed by atoms with Crippen molar-refractivity contribution in [3.8, 4) is 0 Å². The average Bonchev–Trinajstić information content (AvgIpc) is 2.98. The number of nitrogens with zero attached hydrogens (tertiary/aromatic N) is 1. The van der Waals surface area contributed by atoms with E-state index in [4.69, 9.17) is 9.31 Å². The van der Waals surface area contributed by atoms with Gasteiger partial charge in [-0.2, -0.15) is 0 Å². The molecule has 0 spiro atoms. The summed E-state index contributed by atoms with van der Waals surface area (Å²) in [6.07, 6.45) is 0.309. The van der Waals surface area contributed by atoms with Gasteiger partial charge in [-0.05, 0) is 12.1 Å². The molecule has 0 saturated carbocycles. The fourth-order valence-corrected chi connectivity index (χ4v) is 3.83. The van der Waals surface area contributed by atoms with Crippen LogP contribution in [-0.2, 0) is 18.9 Å². The lowest BCUT2D eigenvalue weighted by atomic mass is 9.49. The van der Waals surface area contributed by atoms with Gasteiger partial charge >= 0.3 is 18.5 Å². The molecule has 0 aliphatic carbocycles. The Labute approximate surface area is 112 Å². The van der Waals surface area contributed by atoms with E-state index in [9.17, 15) is 9.59 Å². The lowest BCUT2D eigenvalue weighted by molar-refractivity contribution is -0.138. The van der Waals surface area contributed by atoms with E-state index in [1.807, 2.05) is 24.3 Å². The molecule has 0 N–H and O–H groups in total. The molecule has 0 atom stereocenters. The first-order valence-electron chi connectivity index (χ1n) is 5.96. The van der Waals surface area contributed by atoms with E-state index in [0.717, 1.165) is 10.2 Å². The first-order chi connectivity index (χ1) is 9.17. The second kappa shape index (κ2) is 3.51. The van der Waals surface area contributed by atoms with E-state index >= 15 is 0 Å². The minimum Gasteiger partial charge on any atom is -0.608 e. The van der Waals surface area contributed by atoms with Crippen LogP contribution in [0.25, 0.3) is 10.2 Å². The highest BCUT2D eigenvalue weighted by Crippen LogP contribution is 2.41. The van der Waals surface area contributed by atoms with Crippen LogP contribution in [0.4, 0.5) is 0 Å². The summed E-state index contributed by atoms with van der Waals surface area (Å²) < 4.78 is 11.7. The summed E-state index contributed by atoms with van der Waals surface area (Å²) >= 11 is 1.41. The van der Waals surface area contributed by atoms with Gasteiger partial charge in [0.05, 0.1) is 15.1 Å². The lowest BCUT2D eigenvalue weighted by Gasteiger charge is -2.21. The van der Waals surface area contributed by atoms with E-state index in [1.165, 1.54) is 11.3 Å². The molecule has 1 aromatic carbocycles. The molecule has 19 heavy (non-hydrogen) atoms. The third-order valence-electron chi connectivity index (χ3n) is 3.51. The van der Waals surface area contributed by atoms with Crippen molar-refractivity contribution in [2.75, 3.05) is 0 Å². The Hall–Kier alpha value is -2.02. The maximum absolute atomic E-state index is 11.5. The molecule has 1 aromatic heterocycles. The molecule has 94 valence electrons. The fraction of sp³-hybridized carbons (Fsp3) is 0.167. The van der Waals surface area contributed by atoms with Crippen LogP contribution in [0.5, 0.6) is 0 Å². The zero-order chi connectivity index (χ0) is 13.0. The number of para-hydroxylation sites is 1. The molecule has 3 heterocycles. The van der Waals surface area contributed by atoms with Gasteiger partial charge in [0.2, 0.25) is 0 Å². The van der Waals surface area contributed by atoms with Gasteiger partial charge in [-0.3, -0.25) is 14.6 Å². The fourth-order valence-electron chi connectivity index (χ4n) is 2.67. The SMILES string of the molecule is O=C1C[C+]2CC(=O)O[B-]2(c2nc3ccccc3s2)O1. The summed E-state index contributed by atoms with van der Waals surface area (Å²) in [5.41, 5.74) is 0.823. The molecule has 7 heteroatoms. The van der Waals surface area contributed by atoms with Gasteiger partial charge in [-0.15, -0.1) is 11.3 Å². The molecule has 2 fully saturated rings. The highest BCUT2D eigenvalue weighted by Gasteiger charge is 2.67. The number of carbonyl (C=O) groups excluding carboxylic acids is 2. The zero-order valence-electron chi connectivity index (χ0n) is 9.79. The van der Waals surface area contributed by atoms with Gasteiger partial charge in [0.25, 0.3) is 0 Å². The van der Waals surface area contributed by atoms with Crippen molar-refractivity contribution in [2.45, 2.75) is 12.8 Å². The zero-order valence-corrected chi connectivity index (χ0v) is 10.6. The van der Waals surface area contributed by atoms with Gasteiger partial charge in [-0.25, -0.2) is 0 Å². The van der Waals surface area contributed by atoms with Crippen molar-refractivity contribution in [2.24, 2.45) is 0 Å². The molecule has 2 aliphatic heterocycles. The summed E-state index contributed by atoms with van der Waals surface area (Å²) in [5.74, 6) is 0.0255. The van der Waals surface area contributed by atoms with Crippen LogP contribution in [0.2, 0.25) is 0 Å². The summed E-state index contributed by atoms with van der Waals surface area (Å²) in [4.78, 5) is 28.1. The predicted molar refractivity (Wildman–Crippen MR) is 69.7 cm³/mol. The largest absolute Gasteiger partial charge is 0.616 e. The molecule has 0 radical (unpaired) electrons. The van der Waals surface area contributed by atoms with Crippen LogP contribution >= 0.6 is 11.3 Å². The molecule has 2 aliphatic rings. The van der Waals surface area contributed by atoms with Gasteiger partial charge < -0.3 is 9.31 Å². The monoisotopic (exact) mass is 273 g/mol. The summed E-state index contributed by atoms with van der Waals surface area (Å²) in [6.45, 7) is -2.13. The normalized spacial score (nSPS) is 20.5. The van der Waals surface area contributed by atoms with Crippen LogP contribution < -0.4 is 4.91 Å². The highest BCUT2D eigenvalue weighted by molar-refractivity contribution is 7.30. The van der Waals surface area contributed by atoms with Crippen LogP contribution in [0.3, 0.4) is 0 Å². The van der Waals surface area contributed by atoms with Gasteiger partial charge in [0.1, 0.15) is 12.8 Å². The Morgan fingerprint density at radius 2 is 1.84 bits per heavy atom. The minimum atomic E-state index is -2.13. The Bertz CT molecular complexity index is 660. The van der Waals surface area contributed by atoms with E-state index in [1.54, 1.807) is 0 Å². The van der Waals surface area contributed by atoms with Crippen LogP contribution in [0.15, 0.2) is 24.3 Å². The quantitative estimate of drug-likeness (QED) is 0.571. The maximum Gasteiger partial charge on any atom is 0.616 e. The molecular weight excluding hydrogens is 265 g/mol. The van der Waals surface area contributed by atoms with Crippen molar-refractivity contribution in [3.05, 3.63) is 30.1 Å². The standard InChI is InChI=1S/C12H8BNO4S/c15-10-5-7-6-11(16)18-13(7,17-10)12-14-8-3-1-2-4-9(8)19-12/h1-4H,5-6H2. The summed E-state index contributed by atoms with van der Waals surface area (Å²) in [5, 5.41) is 0. The lowest BCUT2D eigenvalue weighted by Crippen LogP contribution is -2.52. The Balaban J connectivity index is 1.89. The molecule has 2 saturated heterocycles. The summed E-state index contributed by atoms with van der Waals surface area (Å²) in [7, 11) is 0. The first kappa shape index (κ1) is 10.9. The highest BCUT2D eigenvalue weighted by atomic mass is 32.1. The number of thiazole rings is 1. The number of benzene rings is 1. The minimum absolute atomic E-state index is 0.154. The van der Waals surface area contributed by atoms with E-state index in [2.05, 4.69) is 4.98 Å². The van der Waals surface area contributed by atoms with E-state index in [-0.39, 0.29) is 24.8 Å². The van der Waals surface area contributed by atoms with E-state index in [0.29, 0.717) is 10.7 Å². The smallest absolute Gasteiger partial charge is 0.608 e. The van der Waals surface area contributed by atoms with Crippen LogP contribution in [-0.4, -0.2) is 23.5 Å². The van der Waals surface area contributed by atoms with Crippen LogP contribution in [0, 0.1) is 5.82 Å².